The molecule has 1 aromatic rings. The zero-order valence-electron chi connectivity index (χ0n) is 11.7. The Morgan fingerprint density at radius 3 is 2.61 bits per heavy atom. The van der Waals surface area contributed by atoms with Gasteiger partial charge in [0.1, 0.15) is 5.84 Å². The number of likely N-dealkylation sites (N-methyl/N-ethyl adjacent to an activating group) is 1. The third-order valence-electron chi connectivity index (χ3n) is 3.11. The smallest absolute Gasteiger partial charge is 0.123 e. The average molecular weight is 249 g/mol. The summed E-state index contributed by atoms with van der Waals surface area (Å²) in [4.78, 5) is 2.28. The number of benzene rings is 1. The van der Waals surface area contributed by atoms with Gasteiger partial charge >= 0.3 is 0 Å². The first-order valence-electron chi connectivity index (χ1n) is 6.21. The topological polar surface area (TPSA) is 62.3 Å². The lowest BCUT2D eigenvalue weighted by Gasteiger charge is -2.30. The van der Waals surface area contributed by atoms with Crippen LogP contribution in [0.5, 0.6) is 0 Å². The molecule has 3 N–H and O–H groups in total. The van der Waals surface area contributed by atoms with E-state index in [1.807, 2.05) is 19.1 Å². The van der Waals surface area contributed by atoms with Gasteiger partial charge in [0, 0.05) is 30.9 Å². The van der Waals surface area contributed by atoms with Crippen LogP contribution in [0.15, 0.2) is 18.2 Å². The van der Waals surface area contributed by atoms with Crippen molar-refractivity contribution in [2.45, 2.75) is 26.8 Å². The van der Waals surface area contributed by atoms with Crippen LogP contribution in [-0.4, -0.2) is 32.1 Å². The van der Waals surface area contributed by atoms with Crippen molar-refractivity contribution in [3.05, 3.63) is 29.3 Å². The molecule has 1 rings (SSSR count). The summed E-state index contributed by atoms with van der Waals surface area (Å²) in [5.41, 5.74) is 8.50. The Morgan fingerprint density at radius 1 is 1.50 bits per heavy atom. The maximum atomic E-state index is 7.49. The Hall–Kier alpha value is -1.55. The molecule has 0 saturated carbocycles. The molecule has 100 valence electrons. The highest BCUT2D eigenvalue weighted by Crippen LogP contribution is 2.21. The molecule has 18 heavy (non-hydrogen) atoms. The minimum atomic E-state index is 0.118. The molecular weight excluding hydrogens is 226 g/mol. The monoisotopic (exact) mass is 249 g/mol. The van der Waals surface area contributed by atoms with E-state index in [1.54, 1.807) is 7.11 Å². The van der Waals surface area contributed by atoms with E-state index in [4.69, 9.17) is 15.9 Å². The van der Waals surface area contributed by atoms with Crippen molar-refractivity contribution >= 4 is 11.5 Å². The zero-order chi connectivity index (χ0) is 13.7. The molecule has 1 unspecified atom stereocenters. The normalized spacial score (nSPS) is 12.2. The third kappa shape index (κ3) is 3.23. The van der Waals surface area contributed by atoms with Gasteiger partial charge in [0.2, 0.25) is 0 Å². The minimum Gasteiger partial charge on any atom is -0.384 e. The molecule has 4 heteroatoms. The van der Waals surface area contributed by atoms with Gasteiger partial charge in [0.05, 0.1) is 6.61 Å². The summed E-state index contributed by atoms with van der Waals surface area (Å²) in [7, 11) is 1.72. The number of nitrogen functional groups attached to an aromatic ring is 1. The fraction of sp³-hybridized carbons (Fsp3) is 0.500. The van der Waals surface area contributed by atoms with Crippen LogP contribution in [0.2, 0.25) is 0 Å². The number of nitrogens with zero attached hydrogens (tertiary/aromatic N) is 1. The van der Waals surface area contributed by atoms with Gasteiger partial charge in [-0.15, -0.1) is 0 Å². The molecule has 0 aliphatic heterocycles. The molecule has 0 radical (unpaired) electrons. The first-order valence-corrected chi connectivity index (χ1v) is 6.21. The van der Waals surface area contributed by atoms with E-state index in [-0.39, 0.29) is 5.84 Å². The maximum absolute atomic E-state index is 7.49. The van der Waals surface area contributed by atoms with E-state index in [1.165, 1.54) is 0 Å². The molecule has 0 heterocycles. The van der Waals surface area contributed by atoms with Gasteiger partial charge < -0.3 is 15.4 Å². The standard InChI is InChI=1S/C14H23N3O/c1-5-17(11(3)9-18-4)12-6-7-13(14(15)16)10(2)8-12/h6-8,11H,5,9H2,1-4H3,(H3,15,16). The number of aryl methyl sites for hydroxylation is 1. The number of nitrogens with one attached hydrogen (secondary N) is 1. The lowest BCUT2D eigenvalue weighted by atomic mass is 10.1. The first kappa shape index (κ1) is 14.5. The lowest BCUT2D eigenvalue weighted by molar-refractivity contribution is 0.182. The molecule has 4 nitrogen and oxygen atoms in total. The first-order chi connectivity index (χ1) is 8.51. The van der Waals surface area contributed by atoms with E-state index in [0.29, 0.717) is 12.6 Å². The van der Waals surface area contributed by atoms with E-state index in [0.717, 1.165) is 23.4 Å². The van der Waals surface area contributed by atoms with Crippen LogP contribution in [0.25, 0.3) is 0 Å². The number of nitrogens with two attached hydrogens (primary N) is 1. The zero-order valence-corrected chi connectivity index (χ0v) is 11.7. The van der Waals surface area contributed by atoms with Crippen LogP contribution < -0.4 is 10.6 Å². The number of anilines is 1. The molecule has 0 spiro atoms. The van der Waals surface area contributed by atoms with Gasteiger partial charge in [-0.05, 0) is 44.5 Å². The van der Waals surface area contributed by atoms with Gasteiger partial charge in [-0.2, -0.15) is 0 Å². The third-order valence-corrected chi connectivity index (χ3v) is 3.11. The van der Waals surface area contributed by atoms with Gasteiger partial charge in [0.25, 0.3) is 0 Å². The van der Waals surface area contributed by atoms with E-state index in [2.05, 4.69) is 24.8 Å². The van der Waals surface area contributed by atoms with E-state index >= 15 is 0 Å². The summed E-state index contributed by atoms with van der Waals surface area (Å²) >= 11 is 0. The van der Waals surface area contributed by atoms with Crippen LogP contribution >= 0.6 is 0 Å². The van der Waals surface area contributed by atoms with Crippen molar-refractivity contribution in [3.8, 4) is 0 Å². The number of methoxy groups -OCH3 is 1. The van der Waals surface area contributed by atoms with E-state index in [9.17, 15) is 0 Å². The average Bonchev–Trinajstić information content (AvgIpc) is 2.29. The van der Waals surface area contributed by atoms with Crippen LogP contribution in [-0.2, 0) is 4.74 Å². The van der Waals surface area contributed by atoms with Crippen LogP contribution in [0.1, 0.15) is 25.0 Å². The Kier molecular flexibility index (Phi) is 5.16. The summed E-state index contributed by atoms with van der Waals surface area (Å²) in [5.74, 6) is 0.118. The molecule has 0 aromatic heterocycles. The highest BCUT2D eigenvalue weighted by atomic mass is 16.5. The Bertz CT molecular complexity index is 418. The van der Waals surface area contributed by atoms with Crippen molar-refractivity contribution < 1.29 is 4.74 Å². The van der Waals surface area contributed by atoms with Crippen molar-refractivity contribution in [2.24, 2.45) is 5.73 Å². The largest absolute Gasteiger partial charge is 0.384 e. The molecule has 0 bridgehead atoms. The molecule has 0 fully saturated rings. The second-order valence-corrected chi connectivity index (χ2v) is 4.50. The van der Waals surface area contributed by atoms with Crippen LogP contribution in [0, 0.1) is 12.3 Å². The van der Waals surface area contributed by atoms with Crippen LogP contribution in [0.3, 0.4) is 0 Å². The predicted octanol–water partition coefficient (Wildman–Crippen LogP) is 2.14. The summed E-state index contributed by atoms with van der Waals surface area (Å²) in [6, 6.07) is 6.32. The van der Waals surface area contributed by atoms with Crippen molar-refractivity contribution in [1.29, 1.82) is 5.41 Å². The fourth-order valence-electron chi connectivity index (χ4n) is 2.21. The molecule has 1 atom stereocenters. The number of hydrogen-bond donors (Lipinski definition) is 2. The number of hydrogen-bond acceptors (Lipinski definition) is 3. The van der Waals surface area contributed by atoms with E-state index < -0.39 is 0 Å². The molecule has 1 aromatic carbocycles. The van der Waals surface area contributed by atoms with Gasteiger partial charge in [0.15, 0.2) is 0 Å². The molecule has 0 aliphatic rings. The Balaban J connectivity index is 3.01. The Labute approximate surface area is 109 Å². The van der Waals surface area contributed by atoms with Crippen molar-refractivity contribution in [1.82, 2.24) is 0 Å². The summed E-state index contributed by atoms with van der Waals surface area (Å²) in [6.07, 6.45) is 0. The highest BCUT2D eigenvalue weighted by Gasteiger charge is 2.13. The second kappa shape index (κ2) is 6.40. The van der Waals surface area contributed by atoms with Crippen molar-refractivity contribution in [3.63, 3.8) is 0 Å². The van der Waals surface area contributed by atoms with Crippen molar-refractivity contribution in [2.75, 3.05) is 25.2 Å². The van der Waals surface area contributed by atoms with Crippen LogP contribution in [0.4, 0.5) is 5.69 Å². The lowest BCUT2D eigenvalue weighted by Crippen LogP contribution is -2.36. The fourth-order valence-corrected chi connectivity index (χ4v) is 2.21. The summed E-state index contributed by atoms with van der Waals surface area (Å²) in [6.45, 7) is 7.86. The number of ether oxygens (including phenoxy) is 1. The summed E-state index contributed by atoms with van der Waals surface area (Å²) in [5, 5.41) is 7.49. The van der Waals surface area contributed by atoms with Gasteiger partial charge in [-0.1, -0.05) is 0 Å². The summed E-state index contributed by atoms with van der Waals surface area (Å²) < 4.78 is 5.20. The van der Waals surface area contributed by atoms with Gasteiger partial charge in [-0.25, -0.2) is 0 Å². The number of amidine groups is 1. The predicted molar refractivity (Wildman–Crippen MR) is 76.6 cm³/mol. The molecule has 0 saturated heterocycles. The minimum absolute atomic E-state index is 0.118. The molecule has 0 aliphatic carbocycles. The SMILES string of the molecule is CCN(c1ccc(C(=N)N)c(C)c1)C(C)COC. The quantitative estimate of drug-likeness (QED) is 0.600. The second-order valence-electron chi connectivity index (χ2n) is 4.50. The highest BCUT2D eigenvalue weighted by molar-refractivity contribution is 5.96. The molecule has 0 amide bonds. The van der Waals surface area contributed by atoms with Gasteiger partial charge in [-0.3, -0.25) is 5.41 Å². The Morgan fingerprint density at radius 2 is 2.17 bits per heavy atom. The maximum Gasteiger partial charge on any atom is 0.123 e. The number of rotatable bonds is 6. The molecular formula is C14H23N3O.